The van der Waals surface area contributed by atoms with E-state index in [0.717, 1.165) is 24.7 Å². The lowest BCUT2D eigenvalue weighted by molar-refractivity contribution is -0.122. The first-order valence-electron chi connectivity index (χ1n) is 13.7. The fraction of sp³-hybridized carbons (Fsp3) is 0.567. The maximum Gasteiger partial charge on any atom is 0.265 e. The summed E-state index contributed by atoms with van der Waals surface area (Å²) in [6.45, 7) is 16.7. The molecule has 2 aromatic carbocycles. The molecule has 0 bridgehead atoms. The summed E-state index contributed by atoms with van der Waals surface area (Å²) in [5.74, 6) is 0.227. The van der Waals surface area contributed by atoms with E-state index >= 15 is 0 Å². The van der Waals surface area contributed by atoms with Gasteiger partial charge in [-0.1, -0.05) is 72.2 Å². The molecule has 1 amide bonds. The van der Waals surface area contributed by atoms with E-state index in [1.165, 1.54) is 11.6 Å². The topological polar surface area (TPSA) is 114 Å². The van der Waals surface area contributed by atoms with Crippen molar-refractivity contribution in [1.82, 2.24) is 4.72 Å². The van der Waals surface area contributed by atoms with Crippen LogP contribution < -0.4 is 19.5 Å². The predicted octanol–water partition coefficient (Wildman–Crippen LogP) is 6.45. The van der Waals surface area contributed by atoms with Gasteiger partial charge in [0.1, 0.15) is 18.1 Å². The zero-order valence-corrected chi connectivity index (χ0v) is 26.8. The van der Waals surface area contributed by atoms with E-state index in [4.69, 9.17) is 21.1 Å². The van der Waals surface area contributed by atoms with Gasteiger partial charge in [0.25, 0.3) is 5.91 Å². The molecule has 0 aliphatic rings. The maximum atomic E-state index is 13.4. The number of hydrogen-bond donors (Lipinski definition) is 3. The van der Waals surface area contributed by atoms with Crippen molar-refractivity contribution >= 4 is 33.2 Å². The summed E-state index contributed by atoms with van der Waals surface area (Å²) >= 11 is 6.33. The van der Waals surface area contributed by atoms with Crippen molar-refractivity contribution < 1.29 is 27.8 Å². The largest absolute Gasteiger partial charge is 0.504 e. The van der Waals surface area contributed by atoms with Gasteiger partial charge in [0.15, 0.2) is 11.9 Å². The number of phenolic OH excluding ortho intramolecular Hbond substituents is 1. The number of phenols is 1. The van der Waals surface area contributed by atoms with Crippen molar-refractivity contribution in [2.24, 2.45) is 0 Å². The highest BCUT2D eigenvalue weighted by atomic mass is 35.5. The first-order valence-corrected chi connectivity index (χ1v) is 16.0. The summed E-state index contributed by atoms with van der Waals surface area (Å²) in [5.41, 5.74) is 2.62. The van der Waals surface area contributed by atoms with Gasteiger partial charge in [-0.3, -0.25) is 4.79 Å². The molecule has 0 radical (unpaired) electrons. The van der Waals surface area contributed by atoms with Crippen LogP contribution in [0.2, 0.25) is 5.02 Å². The summed E-state index contributed by atoms with van der Waals surface area (Å²) in [6, 6.07) is 7.67. The predicted molar refractivity (Wildman–Crippen MR) is 163 cm³/mol. The van der Waals surface area contributed by atoms with Crippen LogP contribution in [0.15, 0.2) is 24.3 Å². The van der Waals surface area contributed by atoms with Crippen LogP contribution in [-0.4, -0.2) is 44.9 Å². The number of anilines is 1. The van der Waals surface area contributed by atoms with Crippen LogP contribution in [0.3, 0.4) is 0 Å². The Kier molecular flexibility index (Phi) is 11.3. The van der Waals surface area contributed by atoms with E-state index in [1.54, 1.807) is 6.92 Å². The molecule has 2 rings (SSSR count). The number of halogens is 1. The Hall–Kier alpha value is -2.49. The fourth-order valence-corrected chi connectivity index (χ4v) is 4.66. The number of carbonyl (C=O) groups excluding carboxylic acids is 1. The van der Waals surface area contributed by atoms with Crippen LogP contribution in [0.4, 0.5) is 5.69 Å². The number of carbonyl (C=O) groups is 1. The minimum Gasteiger partial charge on any atom is -0.504 e. The molecule has 40 heavy (non-hydrogen) atoms. The van der Waals surface area contributed by atoms with Gasteiger partial charge < -0.3 is 19.9 Å². The Bertz CT molecular complexity index is 1310. The van der Waals surface area contributed by atoms with Gasteiger partial charge in [0, 0.05) is 23.7 Å². The lowest BCUT2D eigenvalue weighted by atomic mass is 9.76. The first-order chi connectivity index (χ1) is 18.5. The van der Waals surface area contributed by atoms with Crippen LogP contribution in [0.1, 0.15) is 84.4 Å². The molecule has 0 fully saturated rings. The van der Waals surface area contributed by atoms with Gasteiger partial charge in [-0.15, -0.1) is 0 Å². The number of rotatable bonds is 14. The fourth-order valence-electron chi connectivity index (χ4n) is 4.01. The SMILES string of the molecule is CCC(Oc1ccc(C(C)(C)CC)cc1C(C)(C)CC)C(=O)Nc1cc(OCCNS(C)(=O)=O)c(C)c(Cl)c1O. The van der Waals surface area contributed by atoms with Crippen molar-refractivity contribution in [2.75, 3.05) is 24.7 Å². The summed E-state index contributed by atoms with van der Waals surface area (Å²) in [4.78, 5) is 13.4. The number of hydrogen-bond acceptors (Lipinski definition) is 6. The van der Waals surface area contributed by atoms with Crippen molar-refractivity contribution in [1.29, 1.82) is 0 Å². The molecule has 0 saturated carbocycles. The lowest BCUT2D eigenvalue weighted by Crippen LogP contribution is -2.33. The van der Waals surface area contributed by atoms with Gasteiger partial charge in [-0.2, -0.15) is 0 Å². The number of sulfonamides is 1. The Morgan fingerprint density at radius 1 is 1.05 bits per heavy atom. The van der Waals surface area contributed by atoms with Crippen molar-refractivity contribution in [3.05, 3.63) is 46.0 Å². The third-order valence-corrected chi connectivity index (χ3v) is 8.80. The highest BCUT2D eigenvalue weighted by molar-refractivity contribution is 7.88. The third kappa shape index (κ3) is 8.51. The van der Waals surface area contributed by atoms with E-state index in [2.05, 4.69) is 63.7 Å². The molecular weight excluding hydrogens is 552 g/mol. The smallest absolute Gasteiger partial charge is 0.265 e. The number of amides is 1. The molecule has 2 aromatic rings. The molecule has 8 nitrogen and oxygen atoms in total. The highest BCUT2D eigenvalue weighted by Gasteiger charge is 2.29. The van der Waals surface area contributed by atoms with E-state index in [-0.39, 0.29) is 40.4 Å². The number of ether oxygens (including phenoxy) is 2. The van der Waals surface area contributed by atoms with E-state index in [0.29, 0.717) is 23.5 Å². The summed E-state index contributed by atoms with van der Waals surface area (Å²) in [7, 11) is -3.36. The Morgan fingerprint density at radius 3 is 2.23 bits per heavy atom. The number of nitrogens with one attached hydrogen (secondary N) is 2. The summed E-state index contributed by atoms with van der Waals surface area (Å²) in [5, 5.41) is 13.4. The molecule has 224 valence electrons. The molecule has 1 unspecified atom stereocenters. The molecule has 3 N–H and O–H groups in total. The second-order valence-electron chi connectivity index (χ2n) is 11.4. The van der Waals surface area contributed by atoms with Gasteiger partial charge >= 0.3 is 0 Å². The van der Waals surface area contributed by atoms with Crippen LogP contribution in [0.25, 0.3) is 0 Å². The van der Waals surface area contributed by atoms with Crippen LogP contribution in [0.5, 0.6) is 17.2 Å². The minimum absolute atomic E-state index is 0.00149. The molecule has 10 heteroatoms. The zero-order valence-electron chi connectivity index (χ0n) is 25.2. The van der Waals surface area contributed by atoms with Crippen molar-refractivity contribution in [2.45, 2.75) is 91.6 Å². The Balaban J connectivity index is 2.33. The van der Waals surface area contributed by atoms with Gasteiger partial charge in [-0.05, 0) is 48.6 Å². The average molecular weight is 597 g/mol. The minimum atomic E-state index is -3.36. The third-order valence-electron chi connectivity index (χ3n) is 7.61. The molecule has 0 heterocycles. The van der Waals surface area contributed by atoms with Gasteiger partial charge in [-0.25, -0.2) is 13.1 Å². The van der Waals surface area contributed by atoms with E-state index in [1.807, 2.05) is 13.0 Å². The van der Waals surface area contributed by atoms with Gasteiger partial charge in [0.05, 0.1) is 17.0 Å². The van der Waals surface area contributed by atoms with Crippen molar-refractivity contribution in [3.63, 3.8) is 0 Å². The van der Waals surface area contributed by atoms with Crippen LogP contribution >= 0.6 is 11.6 Å². The van der Waals surface area contributed by atoms with Crippen molar-refractivity contribution in [3.8, 4) is 17.2 Å². The highest BCUT2D eigenvalue weighted by Crippen LogP contribution is 2.41. The second-order valence-corrected chi connectivity index (χ2v) is 13.6. The first kappa shape index (κ1) is 33.7. The standard InChI is InChI=1S/C30H45ClN2O6S/c1-10-23(39-24-14-13-20(29(5,6)11-2)17-21(24)30(7,8)12-3)28(35)33-22-18-25(19(4)26(31)27(22)34)38-16-15-32-40(9,36)37/h13-14,17-18,23,32,34H,10-12,15-16H2,1-9H3,(H,33,35). The molecular formula is C30H45ClN2O6S. The monoisotopic (exact) mass is 596 g/mol. The normalized spacial score (nSPS) is 13.2. The molecule has 1 atom stereocenters. The number of benzene rings is 2. The maximum absolute atomic E-state index is 13.4. The van der Waals surface area contributed by atoms with Crippen LogP contribution in [0, 0.1) is 6.92 Å². The molecule has 0 saturated heterocycles. The van der Waals surface area contributed by atoms with E-state index < -0.39 is 22.0 Å². The lowest BCUT2D eigenvalue weighted by Gasteiger charge is -2.31. The zero-order chi connectivity index (χ0) is 30.5. The average Bonchev–Trinajstić information content (AvgIpc) is 2.89. The Labute approximate surface area is 244 Å². The second kappa shape index (κ2) is 13.4. The van der Waals surface area contributed by atoms with Crippen LogP contribution in [-0.2, 0) is 25.6 Å². The quantitative estimate of drug-likeness (QED) is 0.170. The Morgan fingerprint density at radius 2 is 1.68 bits per heavy atom. The molecule has 0 aromatic heterocycles. The molecule has 0 aliphatic carbocycles. The summed E-state index contributed by atoms with van der Waals surface area (Å²) in [6.07, 6.45) is 2.49. The summed E-state index contributed by atoms with van der Waals surface area (Å²) < 4.78 is 36.9. The molecule has 0 spiro atoms. The molecule has 0 aliphatic heterocycles. The van der Waals surface area contributed by atoms with Gasteiger partial charge in [0.2, 0.25) is 10.0 Å². The number of aromatic hydroxyl groups is 1. The van der Waals surface area contributed by atoms with E-state index in [9.17, 15) is 18.3 Å².